The van der Waals surface area contributed by atoms with Gasteiger partial charge < -0.3 is 4.90 Å². The summed E-state index contributed by atoms with van der Waals surface area (Å²) >= 11 is 1.14. The molecule has 2 fully saturated rings. The second-order valence-electron chi connectivity index (χ2n) is 8.49. The van der Waals surface area contributed by atoms with Crippen molar-refractivity contribution in [2.75, 3.05) is 19.3 Å². The standard InChI is InChI=1S/C23H26F2N2OS/c1-23(10-9-15(24)12-21(23)25)20-8-4-3-7-17(20)18-13-19(18)22(28)27-11-5-6-16(14-27)26-29-2/h7-9,12,16,18-19,26H,5-6,10-11,13-14H2,1-2H3/p+1. The summed E-state index contributed by atoms with van der Waals surface area (Å²) in [4.78, 5) is 15.1. The number of rotatable bonds is 5. The molecule has 3 nitrogen and oxygen atoms in total. The lowest BCUT2D eigenvalue weighted by Crippen LogP contribution is -2.48. The Kier molecular flexibility index (Phi) is 5.72. The molecule has 4 unspecified atom stereocenters. The second kappa shape index (κ2) is 8.12. The molecule has 3 aliphatic rings. The van der Waals surface area contributed by atoms with Crippen molar-refractivity contribution in [3.63, 3.8) is 0 Å². The molecule has 154 valence electrons. The van der Waals surface area contributed by atoms with Crippen LogP contribution in [0.15, 0.2) is 35.9 Å². The lowest BCUT2D eigenvalue weighted by Gasteiger charge is -2.32. The Balaban J connectivity index is 1.52. The summed E-state index contributed by atoms with van der Waals surface area (Å²) in [7, 11) is 0. The second-order valence-corrected chi connectivity index (χ2v) is 9.19. The molecule has 29 heavy (non-hydrogen) atoms. The van der Waals surface area contributed by atoms with Crippen LogP contribution in [0.2, 0.25) is 0 Å². The van der Waals surface area contributed by atoms with Gasteiger partial charge in [0.1, 0.15) is 17.9 Å². The number of piperidine rings is 1. The van der Waals surface area contributed by atoms with Crippen LogP contribution >= 0.6 is 0 Å². The molecule has 0 aromatic heterocycles. The number of halogens is 2. The Bertz CT molecular complexity index is 853. The molecular weight excluding hydrogens is 390 g/mol. The summed E-state index contributed by atoms with van der Waals surface area (Å²) < 4.78 is 31.7. The lowest BCUT2D eigenvalue weighted by molar-refractivity contribution is -0.133. The first-order valence-corrected chi connectivity index (χ1v) is 11.6. The van der Waals surface area contributed by atoms with Crippen LogP contribution in [-0.4, -0.2) is 36.2 Å². The van der Waals surface area contributed by atoms with Crippen LogP contribution in [0.5, 0.6) is 0 Å². The van der Waals surface area contributed by atoms with Crippen LogP contribution in [0.1, 0.15) is 49.7 Å². The topological polar surface area (TPSA) is 32.3 Å². The molecule has 0 radical (unpaired) electrons. The van der Waals surface area contributed by atoms with E-state index in [1.807, 2.05) is 11.0 Å². The molecule has 1 N–H and O–H groups in total. The number of allylic oxidation sites excluding steroid dienone is 4. The largest absolute Gasteiger partial charge is 0.341 e. The van der Waals surface area contributed by atoms with Crippen molar-refractivity contribution in [2.24, 2.45) is 5.92 Å². The van der Waals surface area contributed by atoms with Crippen LogP contribution in [0.3, 0.4) is 0 Å². The molecule has 6 heteroatoms. The molecule has 2 aliphatic carbocycles. The summed E-state index contributed by atoms with van der Waals surface area (Å²) in [6.45, 7) is 3.35. The summed E-state index contributed by atoms with van der Waals surface area (Å²) in [5.74, 6) is -0.808. The van der Waals surface area contributed by atoms with E-state index in [2.05, 4.69) is 23.1 Å². The zero-order valence-electron chi connectivity index (χ0n) is 16.8. The number of thiol groups is 1. The average Bonchev–Trinajstić information content (AvgIpc) is 3.52. The van der Waals surface area contributed by atoms with Gasteiger partial charge in [-0.05, 0) is 67.9 Å². The van der Waals surface area contributed by atoms with Gasteiger partial charge >= 0.3 is 0 Å². The van der Waals surface area contributed by atoms with Gasteiger partial charge in [-0.2, -0.15) is 0 Å². The maximum absolute atomic E-state index is 14.8. The van der Waals surface area contributed by atoms with Gasteiger partial charge in [-0.15, -0.1) is 4.72 Å². The highest BCUT2D eigenvalue weighted by molar-refractivity contribution is 7.75. The summed E-state index contributed by atoms with van der Waals surface area (Å²) in [6, 6.07) is 9.84. The molecular formula is C23H27F2N2OS+. The van der Waals surface area contributed by atoms with Gasteiger partial charge in [0.25, 0.3) is 0 Å². The number of amides is 1. The highest BCUT2D eigenvalue weighted by atomic mass is 32.2. The van der Waals surface area contributed by atoms with Crippen LogP contribution in [0, 0.1) is 18.1 Å². The molecule has 1 aliphatic heterocycles. The van der Waals surface area contributed by atoms with E-state index in [0.717, 1.165) is 61.5 Å². The summed E-state index contributed by atoms with van der Waals surface area (Å²) in [6.07, 6.45) is 7.59. The SMILES string of the molecule is C[SH+]NC1CCCN(C(=O)C2CC2c2cc#ccc2C2(C)CC=C(F)C=C2F)C1. The summed E-state index contributed by atoms with van der Waals surface area (Å²) in [5.41, 5.74) is 0.812. The Morgan fingerprint density at radius 2 is 2.14 bits per heavy atom. The van der Waals surface area contributed by atoms with Crippen molar-refractivity contribution >= 4 is 17.9 Å². The Labute approximate surface area is 175 Å². The first kappa shape index (κ1) is 20.4. The van der Waals surface area contributed by atoms with E-state index in [-0.39, 0.29) is 24.2 Å². The highest BCUT2D eigenvalue weighted by Gasteiger charge is 2.49. The number of carbonyl (C=O) groups is 1. The van der Waals surface area contributed by atoms with Gasteiger partial charge in [-0.1, -0.05) is 12.1 Å². The molecule has 1 amide bonds. The molecule has 4 atom stereocenters. The molecule has 1 aromatic rings. The zero-order chi connectivity index (χ0) is 20.6. The number of hydrogen-bond donors (Lipinski definition) is 1. The van der Waals surface area contributed by atoms with Crippen molar-refractivity contribution in [1.82, 2.24) is 9.62 Å². The quantitative estimate of drug-likeness (QED) is 0.585. The predicted molar refractivity (Wildman–Crippen MR) is 113 cm³/mol. The van der Waals surface area contributed by atoms with Gasteiger partial charge in [0.2, 0.25) is 5.91 Å². The molecule has 1 aromatic carbocycles. The number of hydrogen-bond acceptors (Lipinski definition) is 2. The van der Waals surface area contributed by atoms with E-state index in [1.54, 1.807) is 13.0 Å². The van der Waals surface area contributed by atoms with E-state index in [9.17, 15) is 13.6 Å². The maximum Gasteiger partial charge on any atom is 0.226 e. The zero-order valence-corrected chi connectivity index (χ0v) is 17.7. The van der Waals surface area contributed by atoms with Crippen molar-refractivity contribution in [3.05, 3.63) is 59.2 Å². The molecule has 1 heterocycles. The van der Waals surface area contributed by atoms with Gasteiger partial charge in [0.05, 0.1) is 18.0 Å². The fourth-order valence-electron chi connectivity index (χ4n) is 4.67. The first-order chi connectivity index (χ1) is 13.9. The Morgan fingerprint density at radius 1 is 1.34 bits per heavy atom. The fourth-order valence-corrected chi connectivity index (χ4v) is 5.24. The average molecular weight is 418 g/mol. The minimum atomic E-state index is -0.924. The fraction of sp³-hybridized carbons (Fsp3) is 0.522. The maximum atomic E-state index is 14.8. The number of nitrogens with one attached hydrogen (secondary N) is 1. The van der Waals surface area contributed by atoms with Gasteiger partial charge in [0.15, 0.2) is 0 Å². The molecule has 0 bridgehead atoms. The van der Waals surface area contributed by atoms with Gasteiger partial charge in [-0.25, -0.2) is 8.78 Å². The lowest BCUT2D eigenvalue weighted by atomic mass is 9.73. The minimum Gasteiger partial charge on any atom is -0.341 e. The van der Waals surface area contributed by atoms with Crippen molar-refractivity contribution < 1.29 is 13.6 Å². The van der Waals surface area contributed by atoms with Crippen LogP contribution < -0.4 is 4.72 Å². The van der Waals surface area contributed by atoms with E-state index < -0.39 is 17.1 Å². The van der Waals surface area contributed by atoms with E-state index >= 15 is 0 Å². The Hall–Kier alpha value is -1.84. The monoisotopic (exact) mass is 417 g/mol. The number of nitrogens with zero attached hydrogens (tertiary/aromatic N) is 1. The van der Waals surface area contributed by atoms with Gasteiger partial charge in [-0.3, -0.25) is 4.79 Å². The van der Waals surface area contributed by atoms with Crippen LogP contribution in [0.25, 0.3) is 0 Å². The van der Waals surface area contributed by atoms with Crippen LogP contribution in [-0.2, 0) is 22.2 Å². The summed E-state index contributed by atoms with van der Waals surface area (Å²) in [5, 5.41) is 0. The first-order valence-electron chi connectivity index (χ1n) is 10.2. The van der Waals surface area contributed by atoms with Crippen molar-refractivity contribution in [1.29, 1.82) is 0 Å². The predicted octanol–water partition coefficient (Wildman–Crippen LogP) is 3.70. The van der Waals surface area contributed by atoms with E-state index in [0.29, 0.717) is 6.04 Å². The third-order valence-electron chi connectivity index (χ3n) is 6.48. The highest BCUT2D eigenvalue weighted by Crippen LogP contribution is 2.53. The third-order valence-corrected chi connectivity index (χ3v) is 7.11. The third kappa shape index (κ3) is 3.95. The Morgan fingerprint density at radius 3 is 2.90 bits per heavy atom. The number of carbonyl (C=O) groups excluding carboxylic acids is 1. The van der Waals surface area contributed by atoms with Crippen LogP contribution in [0.4, 0.5) is 8.78 Å². The molecule has 4 rings (SSSR count). The molecule has 0 spiro atoms. The smallest absolute Gasteiger partial charge is 0.226 e. The minimum absolute atomic E-state index is 0.0611. The number of likely N-dealkylation sites (tertiary alicyclic amines) is 1. The van der Waals surface area contributed by atoms with Gasteiger partial charge in [0, 0.05) is 30.5 Å². The van der Waals surface area contributed by atoms with Crippen molar-refractivity contribution in [2.45, 2.75) is 50.0 Å². The normalized spacial score (nSPS) is 31.6. The van der Waals surface area contributed by atoms with E-state index in [4.69, 9.17) is 0 Å². The molecule has 1 saturated carbocycles. The van der Waals surface area contributed by atoms with Crippen molar-refractivity contribution in [3.8, 4) is 0 Å². The molecule has 1 saturated heterocycles. The van der Waals surface area contributed by atoms with E-state index in [1.165, 1.54) is 6.08 Å².